The van der Waals surface area contributed by atoms with Gasteiger partial charge in [0.15, 0.2) is 5.78 Å². The van der Waals surface area contributed by atoms with Gasteiger partial charge in [-0.3, -0.25) is 9.59 Å². The minimum absolute atomic E-state index is 0.0176. The Kier molecular flexibility index (Phi) is 7.68. The van der Waals surface area contributed by atoms with Gasteiger partial charge >= 0.3 is 5.97 Å². The van der Waals surface area contributed by atoms with Gasteiger partial charge in [-0.2, -0.15) is 10.2 Å². The lowest BCUT2D eigenvalue weighted by molar-refractivity contribution is -0.134. The molecular weight excluding hydrogens is 328 g/mol. The third kappa shape index (κ3) is 6.59. The van der Waals surface area contributed by atoms with E-state index in [2.05, 4.69) is 17.2 Å². The van der Waals surface area contributed by atoms with Crippen molar-refractivity contribution in [2.45, 2.75) is 46.0 Å². The normalized spacial score (nSPS) is 10.8. The van der Waals surface area contributed by atoms with Crippen molar-refractivity contribution in [2.24, 2.45) is 10.2 Å². The van der Waals surface area contributed by atoms with E-state index in [9.17, 15) is 9.59 Å². The van der Waals surface area contributed by atoms with Crippen LogP contribution in [0.2, 0.25) is 0 Å². The summed E-state index contributed by atoms with van der Waals surface area (Å²) < 4.78 is 5.30. The van der Waals surface area contributed by atoms with E-state index in [1.54, 1.807) is 48.5 Å². The van der Waals surface area contributed by atoms with Crippen molar-refractivity contribution in [1.82, 2.24) is 0 Å². The second-order valence-corrected chi connectivity index (χ2v) is 6.08. The van der Waals surface area contributed by atoms with Gasteiger partial charge in [0, 0.05) is 12.0 Å². The maximum absolute atomic E-state index is 11.8. The quantitative estimate of drug-likeness (QED) is 0.178. The van der Waals surface area contributed by atoms with Crippen molar-refractivity contribution in [3.8, 4) is 5.75 Å². The summed E-state index contributed by atoms with van der Waals surface area (Å²) >= 11 is 0. The van der Waals surface area contributed by atoms with Crippen molar-refractivity contribution in [3.63, 3.8) is 0 Å². The molecule has 0 bridgehead atoms. The molecule has 5 nitrogen and oxygen atoms in total. The van der Waals surface area contributed by atoms with E-state index in [4.69, 9.17) is 4.74 Å². The number of ether oxygens (including phenoxy) is 1. The summed E-state index contributed by atoms with van der Waals surface area (Å²) in [6.45, 7) is 3.66. The highest BCUT2D eigenvalue weighted by molar-refractivity contribution is 5.94. The molecule has 0 saturated heterocycles. The molecule has 0 heterocycles. The van der Waals surface area contributed by atoms with Crippen LogP contribution in [0.5, 0.6) is 5.75 Å². The van der Waals surface area contributed by atoms with Crippen LogP contribution in [0.4, 0.5) is 11.4 Å². The van der Waals surface area contributed by atoms with Gasteiger partial charge in [-0.1, -0.05) is 26.2 Å². The van der Waals surface area contributed by atoms with Crippen molar-refractivity contribution in [2.75, 3.05) is 0 Å². The Morgan fingerprint density at radius 1 is 0.846 bits per heavy atom. The van der Waals surface area contributed by atoms with Crippen molar-refractivity contribution >= 4 is 23.1 Å². The van der Waals surface area contributed by atoms with Gasteiger partial charge in [-0.25, -0.2) is 0 Å². The molecule has 0 aliphatic rings. The summed E-state index contributed by atoms with van der Waals surface area (Å²) in [5.74, 6) is 0.320. The van der Waals surface area contributed by atoms with Crippen LogP contribution in [-0.4, -0.2) is 11.8 Å². The molecule has 2 rings (SSSR count). The Hall–Kier alpha value is -2.82. The van der Waals surface area contributed by atoms with Crippen LogP contribution in [0.3, 0.4) is 0 Å². The Labute approximate surface area is 154 Å². The molecular formula is C21H24N2O3. The number of hydrogen-bond donors (Lipinski definition) is 0. The number of ketones is 1. The first-order valence-electron chi connectivity index (χ1n) is 8.92. The van der Waals surface area contributed by atoms with E-state index in [0.717, 1.165) is 25.7 Å². The second kappa shape index (κ2) is 10.2. The third-order valence-corrected chi connectivity index (χ3v) is 3.86. The summed E-state index contributed by atoms with van der Waals surface area (Å²) in [5.41, 5.74) is 1.96. The van der Waals surface area contributed by atoms with Crippen LogP contribution in [0, 0.1) is 0 Å². The first-order chi connectivity index (χ1) is 12.6. The number of azo groups is 1. The predicted octanol–water partition coefficient (Wildman–Crippen LogP) is 6.18. The lowest BCUT2D eigenvalue weighted by Gasteiger charge is -2.04. The molecule has 0 amide bonds. The van der Waals surface area contributed by atoms with E-state index in [1.807, 2.05) is 0 Å². The molecule has 0 spiro atoms. The molecule has 0 radical (unpaired) electrons. The van der Waals surface area contributed by atoms with Crippen LogP contribution >= 0.6 is 0 Å². The molecule has 0 aromatic heterocycles. The first kappa shape index (κ1) is 19.5. The molecule has 0 N–H and O–H groups in total. The molecule has 0 atom stereocenters. The van der Waals surface area contributed by atoms with Gasteiger partial charge in [-0.05, 0) is 61.9 Å². The second-order valence-electron chi connectivity index (χ2n) is 6.08. The van der Waals surface area contributed by atoms with Gasteiger partial charge in [-0.15, -0.1) is 0 Å². The van der Waals surface area contributed by atoms with Crippen LogP contribution < -0.4 is 4.74 Å². The smallest absolute Gasteiger partial charge is 0.311 e. The van der Waals surface area contributed by atoms with Crippen LogP contribution in [0.25, 0.3) is 0 Å². The molecule has 2 aromatic carbocycles. The van der Waals surface area contributed by atoms with Crippen molar-refractivity contribution in [1.29, 1.82) is 0 Å². The summed E-state index contributed by atoms with van der Waals surface area (Å²) in [6, 6.07) is 13.8. The first-order valence-corrected chi connectivity index (χ1v) is 8.92. The highest BCUT2D eigenvalue weighted by atomic mass is 16.5. The topological polar surface area (TPSA) is 68.1 Å². The maximum Gasteiger partial charge on any atom is 0.311 e. The Bertz CT molecular complexity index is 750. The van der Waals surface area contributed by atoms with E-state index in [1.165, 1.54) is 6.92 Å². The van der Waals surface area contributed by atoms with Gasteiger partial charge < -0.3 is 4.74 Å². The number of hydrogen-bond acceptors (Lipinski definition) is 5. The molecule has 136 valence electrons. The Morgan fingerprint density at radius 2 is 1.42 bits per heavy atom. The molecule has 0 unspecified atom stereocenters. The number of nitrogens with zero attached hydrogens (tertiary/aromatic N) is 2. The van der Waals surface area contributed by atoms with E-state index in [-0.39, 0.29) is 11.8 Å². The van der Waals surface area contributed by atoms with Gasteiger partial charge in [0.2, 0.25) is 0 Å². The highest BCUT2D eigenvalue weighted by Gasteiger charge is 2.04. The Morgan fingerprint density at radius 3 is 1.96 bits per heavy atom. The fourth-order valence-corrected chi connectivity index (χ4v) is 2.34. The number of esters is 1. The lowest BCUT2D eigenvalue weighted by atomic mass is 10.1. The number of benzene rings is 2. The predicted molar refractivity (Wildman–Crippen MR) is 101 cm³/mol. The highest BCUT2D eigenvalue weighted by Crippen LogP contribution is 2.22. The minimum atomic E-state index is -0.207. The monoisotopic (exact) mass is 352 g/mol. The van der Waals surface area contributed by atoms with E-state index < -0.39 is 0 Å². The third-order valence-electron chi connectivity index (χ3n) is 3.86. The summed E-state index contributed by atoms with van der Waals surface area (Å²) in [5, 5.41) is 8.27. The molecule has 2 aromatic rings. The average Bonchev–Trinajstić information content (AvgIpc) is 2.65. The number of Topliss-reactive ketones (excluding diaryl/α,β-unsaturated/α-hetero) is 1. The number of carbonyl (C=O) groups excluding carboxylic acids is 2. The zero-order chi connectivity index (χ0) is 18.8. The molecule has 26 heavy (non-hydrogen) atoms. The van der Waals surface area contributed by atoms with Gasteiger partial charge in [0.05, 0.1) is 11.4 Å². The molecule has 0 saturated carbocycles. The lowest BCUT2D eigenvalue weighted by Crippen LogP contribution is -2.07. The largest absolute Gasteiger partial charge is 0.427 e. The van der Waals surface area contributed by atoms with Crippen LogP contribution in [0.1, 0.15) is 56.3 Å². The molecule has 5 heteroatoms. The zero-order valence-corrected chi connectivity index (χ0v) is 15.3. The van der Waals surface area contributed by atoms with Gasteiger partial charge in [0.25, 0.3) is 0 Å². The number of unbranched alkanes of at least 4 members (excludes halogenated alkanes) is 3. The zero-order valence-electron chi connectivity index (χ0n) is 15.3. The fraction of sp³-hybridized carbons (Fsp3) is 0.333. The van der Waals surface area contributed by atoms with Crippen molar-refractivity contribution < 1.29 is 14.3 Å². The number of rotatable bonds is 9. The molecule has 0 aliphatic carbocycles. The van der Waals surface area contributed by atoms with E-state index in [0.29, 0.717) is 29.1 Å². The van der Waals surface area contributed by atoms with E-state index >= 15 is 0 Å². The summed E-state index contributed by atoms with van der Waals surface area (Å²) in [6.07, 6.45) is 4.65. The Balaban J connectivity index is 1.86. The van der Waals surface area contributed by atoms with Crippen LogP contribution in [0.15, 0.2) is 58.8 Å². The summed E-state index contributed by atoms with van der Waals surface area (Å²) in [4.78, 5) is 23.0. The average molecular weight is 352 g/mol. The fourth-order valence-electron chi connectivity index (χ4n) is 2.34. The number of carbonyl (C=O) groups is 2. The standard InChI is InChI=1S/C21H24N2O3/c1-3-4-5-6-7-21(25)26-20-14-12-19(13-15-20)23-22-18-10-8-17(9-11-18)16(2)24/h8-15H,3-7H2,1-2H3. The maximum atomic E-state index is 11.8. The van der Waals surface area contributed by atoms with Crippen LogP contribution in [-0.2, 0) is 4.79 Å². The van der Waals surface area contributed by atoms with Crippen molar-refractivity contribution in [3.05, 3.63) is 54.1 Å². The minimum Gasteiger partial charge on any atom is -0.427 e. The van der Waals surface area contributed by atoms with Gasteiger partial charge in [0.1, 0.15) is 5.75 Å². The molecule has 0 aliphatic heterocycles. The summed E-state index contributed by atoms with van der Waals surface area (Å²) in [7, 11) is 0. The SMILES string of the molecule is CCCCCCC(=O)Oc1ccc(N=Nc2ccc(C(C)=O)cc2)cc1. The molecule has 0 fully saturated rings.